The van der Waals surface area contributed by atoms with Gasteiger partial charge in [0.2, 0.25) is 11.8 Å². The Bertz CT molecular complexity index is 2310. The fraction of sp³-hybridized carbons (Fsp3) is 0.814. The standard InChI is InChI=1S/C86H148N4O6S2/c1-7-13-19-25-31-35-37-41-47-53-65-97-75-67-73-80-79-74(84(94)89(85(95)81(75)79)63-55-61-77(91)87-69-71(57-49-43-29-23-17-11-5)59-51-45-39-33-27-21-15-9-3)68-76(98-66-54-48-42-38-36-32-26-20-14-8-2)82(80)86(96)90(83(73)93)64-56-62-78(92)88-70-72(58-50-44-30-24-18-12-6)60-52-46-40-34-28-22-16-10-4/h67-68,71-72H,7-66,69-70H2,1-6H3,(H,87,91)(H,88,92). The molecule has 2 unspecified atom stereocenters. The number of imide groups is 2. The number of hydrogen-bond acceptors (Lipinski definition) is 8. The lowest BCUT2D eigenvalue weighted by Crippen LogP contribution is -2.44. The van der Waals surface area contributed by atoms with E-state index >= 15 is 19.2 Å². The van der Waals surface area contributed by atoms with Crippen molar-refractivity contribution in [1.29, 1.82) is 0 Å². The number of benzene rings is 2. The van der Waals surface area contributed by atoms with Gasteiger partial charge in [0.25, 0.3) is 23.6 Å². The fourth-order valence-corrected chi connectivity index (χ4v) is 17.2. The molecule has 0 radical (unpaired) electrons. The van der Waals surface area contributed by atoms with Gasteiger partial charge in [0, 0.05) is 70.7 Å². The quantitative estimate of drug-likeness (QED) is 0.0380. The molecule has 4 rings (SSSR count). The smallest absolute Gasteiger partial charge is 0.262 e. The van der Waals surface area contributed by atoms with E-state index in [4.69, 9.17) is 0 Å². The zero-order chi connectivity index (χ0) is 70.5. The molecule has 2 aromatic rings. The van der Waals surface area contributed by atoms with Gasteiger partial charge in [-0.3, -0.25) is 38.6 Å². The number of nitrogens with zero attached hydrogens (tertiary/aromatic N) is 2. The molecule has 2 aromatic carbocycles. The number of rotatable bonds is 68. The summed E-state index contributed by atoms with van der Waals surface area (Å²) in [7, 11) is 0. The summed E-state index contributed by atoms with van der Waals surface area (Å²) < 4.78 is 0. The van der Waals surface area contributed by atoms with Gasteiger partial charge < -0.3 is 10.6 Å². The number of unbranched alkanes of at least 4 members (excludes halogenated alkanes) is 42. The highest BCUT2D eigenvalue weighted by molar-refractivity contribution is 7.99. The number of thioether (sulfide) groups is 2. The molecule has 2 heterocycles. The number of carbonyl (C=O) groups is 6. The first-order chi connectivity index (χ1) is 48.1. The van der Waals surface area contributed by atoms with E-state index in [0.717, 1.165) is 75.7 Å². The van der Waals surface area contributed by atoms with Crippen LogP contribution in [0.4, 0.5) is 0 Å². The lowest BCUT2D eigenvalue weighted by molar-refractivity contribution is -0.122. The molecular formula is C86H148N4O6S2. The minimum atomic E-state index is -0.428. The summed E-state index contributed by atoms with van der Waals surface area (Å²) in [5.41, 5.74) is 1.51. The van der Waals surface area contributed by atoms with Gasteiger partial charge in [0.05, 0.1) is 11.1 Å². The van der Waals surface area contributed by atoms with Gasteiger partial charge in [0.1, 0.15) is 0 Å². The third-order valence-electron chi connectivity index (χ3n) is 21.3. The van der Waals surface area contributed by atoms with Crippen LogP contribution in [0.15, 0.2) is 21.9 Å². The molecule has 560 valence electrons. The fourth-order valence-electron chi connectivity index (χ4n) is 15.0. The molecule has 0 spiro atoms. The van der Waals surface area contributed by atoms with Crippen LogP contribution in [-0.4, -0.2) is 82.9 Å². The molecule has 0 bridgehead atoms. The zero-order valence-electron chi connectivity index (χ0n) is 64.3. The molecule has 2 N–H and O–H groups in total. The predicted molar refractivity (Wildman–Crippen MR) is 422 cm³/mol. The van der Waals surface area contributed by atoms with E-state index in [1.807, 2.05) is 12.1 Å². The van der Waals surface area contributed by atoms with E-state index < -0.39 is 23.6 Å². The van der Waals surface area contributed by atoms with Crippen molar-refractivity contribution >= 4 is 69.7 Å². The highest BCUT2D eigenvalue weighted by Gasteiger charge is 2.43. The summed E-state index contributed by atoms with van der Waals surface area (Å²) in [4.78, 5) is 92.7. The minimum Gasteiger partial charge on any atom is -0.356 e. The lowest BCUT2D eigenvalue weighted by Gasteiger charge is -2.34. The predicted octanol–water partition coefficient (Wildman–Crippen LogP) is 25.6. The van der Waals surface area contributed by atoms with Crippen LogP contribution in [0, 0.1) is 11.8 Å². The van der Waals surface area contributed by atoms with Crippen molar-refractivity contribution in [3.63, 3.8) is 0 Å². The average molecular weight is 1400 g/mol. The van der Waals surface area contributed by atoms with Crippen LogP contribution in [0.5, 0.6) is 0 Å². The number of carbonyl (C=O) groups excluding carboxylic acids is 6. The van der Waals surface area contributed by atoms with Crippen molar-refractivity contribution in [2.75, 3.05) is 37.7 Å². The van der Waals surface area contributed by atoms with Crippen molar-refractivity contribution in [3.8, 4) is 0 Å². The second kappa shape index (κ2) is 57.1. The maximum Gasteiger partial charge on any atom is 0.262 e. The van der Waals surface area contributed by atoms with E-state index in [9.17, 15) is 9.59 Å². The molecule has 2 aliphatic heterocycles. The highest BCUT2D eigenvalue weighted by atomic mass is 32.2. The van der Waals surface area contributed by atoms with Gasteiger partial charge in [0.15, 0.2) is 0 Å². The normalized spacial score (nSPS) is 13.6. The molecule has 0 aliphatic carbocycles. The first-order valence-electron chi connectivity index (χ1n) is 42.2. The maximum absolute atomic E-state index is 15.3. The van der Waals surface area contributed by atoms with Crippen molar-refractivity contribution in [3.05, 3.63) is 34.4 Å². The van der Waals surface area contributed by atoms with Crippen LogP contribution in [0.2, 0.25) is 0 Å². The van der Waals surface area contributed by atoms with Gasteiger partial charge in [-0.25, -0.2) is 0 Å². The highest BCUT2D eigenvalue weighted by Crippen LogP contribution is 2.46. The molecule has 6 amide bonds. The van der Waals surface area contributed by atoms with Crippen LogP contribution in [0.3, 0.4) is 0 Å². The minimum absolute atomic E-state index is 0.0397. The summed E-state index contributed by atoms with van der Waals surface area (Å²) in [5.74, 6) is 0.606. The molecule has 0 aromatic heterocycles. The Kier molecular flexibility index (Phi) is 50.7. The van der Waals surface area contributed by atoms with Crippen LogP contribution in [-0.2, 0) is 9.59 Å². The molecular weight excluding hydrogens is 1250 g/mol. The number of nitrogens with one attached hydrogen (secondary N) is 2. The van der Waals surface area contributed by atoms with E-state index in [2.05, 4.69) is 52.2 Å². The van der Waals surface area contributed by atoms with Crippen LogP contribution >= 0.6 is 23.5 Å². The van der Waals surface area contributed by atoms with Crippen molar-refractivity contribution in [1.82, 2.24) is 20.4 Å². The maximum atomic E-state index is 15.3. The van der Waals surface area contributed by atoms with Crippen molar-refractivity contribution in [2.24, 2.45) is 11.8 Å². The Morgan fingerprint density at radius 3 is 0.806 bits per heavy atom. The second-order valence-corrected chi connectivity index (χ2v) is 32.4. The molecule has 0 saturated heterocycles. The first-order valence-corrected chi connectivity index (χ1v) is 44.2. The third kappa shape index (κ3) is 35.2. The molecule has 0 fully saturated rings. The van der Waals surface area contributed by atoms with Gasteiger partial charge in [-0.15, -0.1) is 23.5 Å². The number of hydrogen-bond donors (Lipinski definition) is 2. The molecule has 2 atom stereocenters. The summed E-state index contributed by atoms with van der Waals surface area (Å²) >= 11 is 3.17. The lowest BCUT2D eigenvalue weighted by atomic mass is 9.85. The topological polar surface area (TPSA) is 133 Å². The molecule has 98 heavy (non-hydrogen) atoms. The number of amides is 6. The molecule has 10 nitrogen and oxygen atoms in total. The van der Waals surface area contributed by atoms with Gasteiger partial charge in [-0.1, -0.05) is 337 Å². The summed E-state index contributed by atoms with van der Waals surface area (Å²) in [5, 5.41) is 7.45. The van der Waals surface area contributed by atoms with Gasteiger partial charge in [-0.2, -0.15) is 0 Å². The third-order valence-corrected chi connectivity index (χ3v) is 23.6. The average Bonchev–Trinajstić information content (AvgIpc) is 0.702. The Balaban J connectivity index is 1.58. The van der Waals surface area contributed by atoms with Crippen molar-refractivity contribution < 1.29 is 28.8 Å². The largest absolute Gasteiger partial charge is 0.356 e. The summed E-state index contributed by atoms with van der Waals surface area (Å²) in [6.07, 6.45) is 65.4. The molecule has 2 aliphatic rings. The second-order valence-electron chi connectivity index (χ2n) is 30.1. The van der Waals surface area contributed by atoms with E-state index in [1.54, 1.807) is 23.5 Å². The Hall–Kier alpha value is -3.38. The Morgan fingerprint density at radius 2 is 0.551 bits per heavy atom. The summed E-state index contributed by atoms with van der Waals surface area (Å²) in [6, 6.07) is 3.73. The monoisotopic (exact) mass is 1400 g/mol. The first kappa shape index (κ1) is 87.0. The van der Waals surface area contributed by atoms with Crippen LogP contribution in [0.25, 0.3) is 10.8 Å². The molecule has 0 saturated carbocycles. The van der Waals surface area contributed by atoms with Gasteiger partial charge in [-0.05, 0) is 86.8 Å². The molecule has 12 heteroatoms. The van der Waals surface area contributed by atoms with Gasteiger partial charge >= 0.3 is 0 Å². The van der Waals surface area contributed by atoms with Crippen molar-refractivity contribution in [2.45, 2.75) is 411 Å². The SMILES string of the molecule is CCCCCCCCCCCCSc1cc2c3c(c(SCCCCCCCCCCCC)cc4c3c1C(=O)N(CCCC(=O)NCC(CCCCCCCC)CCCCCCCCCC)C4=O)C(=O)N(CCCC(=O)NCC(CCCCCCCC)CCCCCCCCCC)C2=O. The summed E-state index contributed by atoms with van der Waals surface area (Å²) in [6.45, 7) is 15.1. The van der Waals surface area contributed by atoms with E-state index in [-0.39, 0.29) is 37.7 Å². The zero-order valence-corrected chi connectivity index (χ0v) is 65.9. The van der Waals surface area contributed by atoms with Crippen LogP contribution in [0.1, 0.15) is 443 Å². The Morgan fingerprint density at radius 1 is 0.316 bits per heavy atom. The van der Waals surface area contributed by atoms with Crippen LogP contribution < -0.4 is 10.6 Å². The van der Waals surface area contributed by atoms with E-state index in [1.165, 1.54) is 279 Å². The Labute approximate surface area is 610 Å². The van der Waals surface area contributed by atoms with E-state index in [0.29, 0.717) is 80.6 Å².